The minimum Gasteiger partial charge on any atom is -0.262 e. The minimum atomic E-state index is -3.88. The Hall–Kier alpha value is -1.66. The molecule has 0 saturated heterocycles. The predicted molar refractivity (Wildman–Crippen MR) is 79.0 cm³/mol. The second-order valence-corrected chi connectivity index (χ2v) is 6.82. The van der Waals surface area contributed by atoms with Crippen LogP contribution in [0, 0.1) is 0 Å². The first kappa shape index (κ1) is 14.7. The number of amides is 1. The molecule has 20 heavy (non-hydrogen) atoms. The standard InChI is InChI=1S/C14H11BrNO3S/c15-13-6-8-14(9-7-13)20(18,19)16(11-17)10-12-4-2-1-3-5-12/h1-9H,10H2. The van der Waals surface area contributed by atoms with Crippen LogP contribution in [0.1, 0.15) is 5.56 Å². The SMILES string of the molecule is O=[C]N(Cc1ccccc1)S(=O)(=O)c1ccc(Br)cc1. The van der Waals surface area contributed by atoms with E-state index in [4.69, 9.17) is 0 Å². The third-order valence-electron chi connectivity index (χ3n) is 2.67. The molecule has 0 spiro atoms. The number of carbonyl (C=O) groups excluding carboxylic acids is 1. The van der Waals surface area contributed by atoms with Gasteiger partial charge in [0.2, 0.25) is 0 Å². The fraction of sp³-hybridized carbons (Fsp3) is 0.0714. The van der Waals surface area contributed by atoms with Crippen LogP contribution < -0.4 is 0 Å². The number of halogens is 1. The first-order valence-corrected chi connectivity index (χ1v) is 7.97. The van der Waals surface area contributed by atoms with Gasteiger partial charge in [-0.2, -0.15) is 0 Å². The summed E-state index contributed by atoms with van der Waals surface area (Å²) in [7, 11) is -3.88. The van der Waals surface area contributed by atoms with Crippen LogP contribution >= 0.6 is 15.9 Å². The van der Waals surface area contributed by atoms with Crippen molar-refractivity contribution in [1.82, 2.24) is 4.31 Å². The fourth-order valence-corrected chi connectivity index (χ4v) is 3.07. The summed E-state index contributed by atoms with van der Waals surface area (Å²) < 4.78 is 26.1. The maximum atomic E-state index is 12.3. The third kappa shape index (κ3) is 3.26. The topological polar surface area (TPSA) is 54.5 Å². The molecule has 2 aromatic carbocycles. The molecule has 2 rings (SSSR count). The molecule has 0 heterocycles. The van der Waals surface area contributed by atoms with Gasteiger partial charge >= 0.3 is 6.41 Å². The zero-order valence-corrected chi connectivity index (χ0v) is 12.8. The van der Waals surface area contributed by atoms with Crippen molar-refractivity contribution in [3.63, 3.8) is 0 Å². The Morgan fingerprint density at radius 2 is 1.60 bits per heavy atom. The quantitative estimate of drug-likeness (QED) is 0.777. The van der Waals surface area contributed by atoms with Crippen LogP contribution in [0.4, 0.5) is 0 Å². The second-order valence-electron chi connectivity index (χ2n) is 4.04. The van der Waals surface area contributed by atoms with Crippen molar-refractivity contribution in [3.05, 3.63) is 64.6 Å². The zero-order valence-electron chi connectivity index (χ0n) is 10.4. The summed E-state index contributed by atoms with van der Waals surface area (Å²) in [5.41, 5.74) is 0.719. The van der Waals surface area contributed by atoms with E-state index in [9.17, 15) is 13.2 Å². The summed E-state index contributed by atoms with van der Waals surface area (Å²) >= 11 is 3.23. The first-order valence-electron chi connectivity index (χ1n) is 5.74. The lowest BCUT2D eigenvalue weighted by Gasteiger charge is -2.16. The van der Waals surface area contributed by atoms with E-state index in [-0.39, 0.29) is 11.4 Å². The van der Waals surface area contributed by atoms with E-state index in [2.05, 4.69) is 15.9 Å². The van der Waals surface area contributed by atoms with Crippen molar-refractivity contribution in [3.8, 4) is 0 Å². The van der Waals surface area contributed by atoms with Gasteiger partial charge in [-0.3, -0.25) is 4.79 Å². The average Bonchev–Trinajstić information content (AvgIpc) is 2.46. The predicted octanol–water partition coefficient (Wildman–Crippen LogP) is 2.71. The summed E-state index contributed by atoms with van der Waals surface area (Å²) in [6.45, 7) is -0.0390. The van der Waals surface area contributed by atoms with Gasteiger partial charge in [-0.05, 0) is 29.8 Å². The van der Waals surface area contributed by atoms with Crippen LogP contribution in [0.2, 0.25) is 0 Å². The molecular weight excluding hydrogens is 342 g/mol. The highest BCUT2D eigenvalue weighted by atomic mass is 79.9. The highest BCUT2D eigenvalue weighted by Crippen LogP contribution is 2.19. The van der Waals surface area contributed by atoms with E-state index in [1.54, 1.807) is 36.4 Å². The molecule has 4 nitrogen and oxygen atoms in total. The molecule has 0 aromatic heterocycles. The van der Waals surface area contributed by atoms with E-state index in [1.807, 2.05) is 6.07 Å². The number of nitrogens with zero attached hydrogens (tertiary/aromatic N) is 1. The summed E-state index contributed by atoms with van der Waals surface area (Å²) in [6.07, 6.45) is 1.49. The summed E-state index contributed by atoms with van der Waals surface area (Å²) in [4.78, 5) is 11.1. The lowest BCUT2D eigenvalue weighted by Crippen LogP contribution is -2.29. The van der Waals surface area contributed by atoms with Crippen LogP contribution in [0.25, 0.3) is 0 Å². The maximum Gasteiger partial charge on any atom is 0.327 e. The van der Waals surface area contributed by atoms with E-state index in [0.29, 0.717) is 4.31 Å². The van der Waals surface area contributed by atoms with Crippen LogP contribution in [0.3, 0.4) is 0 Å². The highest BCUT2D eigenvalue weighted by Gasteiger charge is 2.23. The Balaban J connectivity index is 2.30. The molecule has 1 amide bonds. The average molecular weight is 353 g/mol. The van der Waals surface area contributed by atoms with Gasteiger partial charge in [-0.25, -0.2) is 12.7 Å². The van der Waals surface area contributed by atoms with Gasteiger partial charge in [0, 0.05) is 4.47 Å². The summed E-state index contributed by atoms with van der Waals surface area (Å²) in [6, 6.07) is 15.0. The summed E-state index contributed by atoms with van der Waals surface area (Å²) in [5.74, 6) is 0. The minimum absolute atomic E-state index is 0.0390. The van der Waals surface area contributed by atoms with Gasteiger partial charge < -0.3 is 0 Å². The molecule has 0 atom stereocenters. The Bertz CT molecular complexity index is 684. The van der Waals surface area contributed by atoms with Gasteiger partial charge in [0.1, 0.15) is 0 Å². The van der Waals surface area contributed by atoms with E-state index in [0.717, 1.165) is 10.0 Å². The highest BCUT2D eigenvalue weighted by molar-refractivity contribution is 9.10. The Labute approximate surface area is 126 Å². The van der Waals surface area contributed by atoms with Crippen LogP contribution in [-0.2, 0) is 21.4 Å². The fourth-order valence-electron chi connectivity index (χ4n) is 1.65. The monoisotopic (exact) mass is 352 g/mol. The Morgan fingerprint density at radius 3 is 2.15 bits per heavy atom. The third-order valence-corrected chi connectivity index (χ3v) is 4.85. The number of sulfonamides is 1. The van der Waals surface area contributed by atoms with Crippen LogP contribution in [0.5, 0.6) is 0 Å². The van der Waals surface area contributed by atoms with Crippen molar-refractivity contribution in [1.29, 1.82) is 0 Å². The zero-order chi connectivity index (χ0) is 14.6. The second kappa shape index (κ2) is 6.19. The van der Waals surface area contributed by atoms with E-state index < -0.39 is 10.0 Å². The molecule has 0 bridgehead atoms. The van der Waals surface area contributed by atoms with Crippen molar-refractivity contribution in [2.24, 2.45) is 0 Å². The van der Waals surface area contributed by atoms with Crippen molar-refractivity contribution in [2.75, 3.05) is 0 Å². The van der Waals surface area contributed by atoms with E-state index in [1.165, 1.54) is 18.5 Å². The van der Waals surface area contributed by atoms with Crippen molar-refractivity contribution >= 4 is 32.4 Å². The molecule has 0 aliphatic carbocycles. The van der Waals surface area contributed by atoms with Gasteiger partial charge in [-0.15, -0.1) is 0 Å². The number of rotatable bonds is 5. The largest absolute Gasteiger partial charge is 0.327 e. The number of hydrogen-bond donors (Lipinski definition) is 0. The Kier molecular flexibility index (Phi) is 4.57. The molecule has 0 aliphatic rings. The lowest BCUT2D eigenvalue weighted by molar-refractivity contribution is 0.467. The molecule has 0 fully saturated rings. The van der Waals surface area contributed by atoms with Crippen LogP contribution in [-0.4, -0.2) is 19.1 Å². The lowest BCUT2D eigenvalue weighted by atomic mass is 10.2. The normalized spacial score (nSPS) is 11.1. The number of hydrogen-bond acceptors (Lipinski definition) is 3. The molecule has 2 aromatic rings. The van der Waals surface area contributed by atoms with Crippen LogP contribution in [0.15, 0.2) is 64.0 Å². The van der Waals surface area contributed by atoms with E-state index >= 15 is 0 Å². The molecule has 0 saturated carbocycles. The first-order chi connectivity index (χ1) is 9.54. The van der Waals surface area contributed by atoms with Gasteiger partial charge in [0.25, 0.3) is 10.0 Å². The molecule has 103 valence electrons. The molecular formula is C14H11BrNO3S. The van der Waals surface area contributed by atoms with Gasteiger partial charge in [0.15, 0.2) is 0 Å². The smallest absolute Gasteiger partial charge is 0.262 e. The Morgan fingerprint density at radius 1 is 1.00 bits per heavy atom. The van der Waals surface area contributed by atoms with Crippen molar-refractivity contribution in [2.45, 2.75) is 11.4 Å². The molecule has 1 radical (unpaired) electrons. The van der Waals surface area contributed by atoms with Crippen molar-refractivity contribution < 1.29 is 13.2 Å². The summed E-state index contributed by atoms with van der Waals surface area (Å²) in [5, 5.41) is 0. The maximum absolute atomic E-state index is 12.3. The van der Waals surface area contributed by atoms with Gasteiger partial charge in [-0.1, -0.05) is 46.3 Å². The molecule has 0 N–H and O–H groups in total. The molecule has 0 unspecified atom stereocenters. The number of benzene rings is 2. The molecule has 6 heteroatoms. The molecule has 0 aliphatic heterocycles. The van der Waals surface area contributed by atoms with Gasteiger partial charge in [0.05, 0.1) is 11.4 Å².